The summed E-state index contributed by atoms with van der Waals surface area (Å²) in [6.45, 7) is 12.7. The van der Waals surface area contributed by atoms with E-state index < -0.39 is 0 Å². The van der Waals surface area contributed by atoms with Crippen molar-refractivity contribution in [3.63, 3.8) is 0 Å². The Bertz CT molecular complexity index is 640. The molecule has 0 unspecified atom stereocenters. The van der Waals surface area contributed by atoms with Gasteiger partial charge >= 0.3 is 0 Å². The van der Waals surface area contributed by atoms with Crippen LogP contribution in [-0.4, -0.2) is 6.54 Å². The van der Waals surface area contributed by atoms with E-state index in [1.165, 1.54) is 5.56 Å². The molecule has 21 heavy (non-hydrogen) atoms. The SMILES string of the molecule is CC(C)CNCc1oc2c(Cl)cc(Br)cc2c1C(C)(C)C. The van der Waals surface area contributed by atoms with Crippen molar-refractivity contribution in [3.05, 3.63) is 33.0 Å². The number of hydrogen-bond donors (Lipinski definition) is 1. The topological polar surface area (TPSA) is 25.2 Å². The van der Waals surface area contributed by atoms with Gasteiger partial charge in [-0.05, 0) is 30.0 Å². The average molecular weight is 373 g/mol. The molecule has 0 aliphatic heterocycles. The molecule has 1 heterocycles. The summed E-state index contributed by atoms with van der Waals surface area (Å²) in [6, 6.07) is 3.97. The monoisotopic (exact) mass is 371 g/mol. The fraction of sp³-hybridized carbons (Fsp3) is 0.529. The Labute approximate surface area is 140 Å². The zero-order valence-electron chi connectivity index (χ0n) is 13.3. The van der Waals surface area contributed by atoms with Gasteiger partial charge in [0, 0.05) is 15.4 Å². The van der Waals surface area contributed by atoms with E-state index in [0.717, 1.165) is 34.3 Å². The quantitative estimate of drug-likeness (QED) is 0.723. The number of furan rings is 1. The molecule has 0 atom stereocenters. The van der Waals surface area contributed by atoms with Crippen molar-refractivity contribution in [1.82, 2.24) is 5.32 Å². The number of halogens is 2. The van der Waals surface area contributed by atoms with Crippen LogP contribution in [0.2, 0.25) is 5.02 Å². The number of fused-ring (bicyclic) bond motifs is 1. The number of benzene rings is 1. The maximum Gasteiger partial charge on any atom is 0.153 e. The molecule has 2 rings (SSSR count). The summed E-state index contributed by atoms with van der Waals surface area (Å²) in [4.78, 5) is 0. The highest BCUT2D eigenvalue weighted by Gasteiger charge is 2.26. The average Bonchev–Trinajstić information content (AvgIpc) is 2.66. The highest BCUT2D eigenvalue weighted by molar-refractivity contribution is 9.10. The molecule has 1 aromatic carbocycles. The molecule has 0 saturated carbocycles. The van der Waals surface area contributed by atoms with E-state index >= 15 is 0 Å². The standard InChI is InChI=1S/C17H23BrClNO/c1-10(2)8-20-9-14-15(17(3,4)5)12-6-11(18)7-13(19)16(12)21-14/h6-7,10,20H,8-9H2,1-5H3. The fourth-order valence-corrected chi connectivity index (χ4v) is 3.44. The molecule has 2 aromatic rings. The van der Waals surface area contributed by atoms with Gasteiger partial charge in [0.2, 0.25) is 0 Å². The lowest BCUT2D eigenvalue weighted by Crippen LogP contribution is -2.21. The van der Waals surface area contributed by atoms with Crippen LogP contribution in [0.15, 0.2) is 21.0 Å². The van der Waals surface area contributed by atoms with Crippen LogP contribution >= 0.6 is 27.5 Å². The third-order valence-corrected chi connectivity index (χ3v) is 4.11. The lowest BCUT2D eigenvalue weighted by atomic mass is 9.84. The van der Waals surface area contributed by atoms with Crippen LogP contribution in [0.5, 0.6) is 0 Å². The number of rotatable bonds is 4. The highest BCUT2D eigenvalue weighted by Crippen LogP contribution is 2.40. The summed E-state index contributed by atoms with van der Waals surface area (Å²) in [7, 11) is 0. The van der Waals surface area contributed by atoms with Crippen LogP contribution < -0.4 is 5.32 Å². The van der Waals surface area contributed by atoms with Crippen molar-refractivity contribution in [2.45, 2.75) is 46.6 Å². The van der Waals surface area contributed by atoms with Crippen molar-refractivity contribution >= 4 is 38.5 Å². The van der Waals surface area contributed by atoms with Crippen molar-refractivity contribution in [1.29, 1.82) is 0 Å². The fourth-order valence-electron chi connectivity index (χ4n) is 2.60. The summed E-state index contributed by atoms with van der Waals surface area (Å²) in [5, 5.41) is 5.21. The van der Waals surface area contributed by atoms with Gasteiger partial charge in [-0.1, -0.05) is 62.1 Å². The number of nitrogens with one attached hydrogen (secondary N) is 1. The van der Waals surface area contributed by atoms with Gasteiger partial charge in [-0.3, -0.25) is 0 Å². The first-order valence-electron chi connectivity index (χ1n) is 7.31. The summed E-state index contributed by atoms with van der Waals surface area (Å²) in [5.74, 6) is 1.60. The Kier molecular flexibility index (Phi) is 5.07. The second kappa shape index (κ2) is 6.31. The Morgan fingerprint density at radius 2 is 1.95 bits per heavy atom. The van der Waals surface area contributed by atoms with Crippen LogP contribution in [-0.2, 0) is 12.0 Å². The largest absolute Gasteiger partial charge is 0.458 e. The van der Waals surface area contributed by atoms with Crippen molar-refractivity contribution in [2.24, 2.45) is 5.92 Å². The molecule has 0 spiro atoms. The molecule has 116 valence electrons. The molecule has 0 fully saturated rings. The first-order valence-corrected chi connectivity index (χ1v) is 8.49. The molecule has 0 radical (unpaired) electrons. The summed E-state index contributed by atoms with van der Waals surface area (Å²) < 4.78 is 7.06. The van der Waals surface area contributed by atoms with Crippen LogP contribution in [0.25, 0.3) is 11.0 Å². The van der Waals surface area contributed by atoms with E-state index in [2.05, 4.69) is 61.9 Å². The van der Waals surface area contributed by atoms with Crippen LogP contribution in [0.3, 0.4) is 0 Å². The van der Waals surface area contributed by atoms with E-state index in [4.69, 9.17) is 16.0 Å². The molecule has 2 nitrogen and oxygen atoms in total. The third-order valence-electron chi connectivity index (χ3n) is 3.37. The molecule has 1 aromatic heterocycles. The first kappa shape index (κ1) is 16.9. The molecular formula is C17H23BrClNO. The van der Waals surface area contributed by atoms with Crippen molar-refractivity contribution in [3.8, 4) is 0 Å². The molecule has 0 bridgehead atoms. The highest BCUT2D eigenvalue weighted by atomic mass is 79.9. The maximum absolute atomic E-state index is 6.34. The van der Waals surface area contributed by atoms with Crippen LogP contribution in [0, 0.1) is 5.92 Å². The third kappa shape index (κ3) is 3.82. The van der Waals surface area contributed by atoms with Crippen LogP contribution in [0.4, 0.5) is 0 Å². The normalized spacial score (nSPS) is 12.6. The minimum Gasteiger partial charge on any atom is -0.458 e. The van der Waals surface area contributed by atoms with E-state index in [1.54, 1.807) is 0 Å². The second-order valence-corrected chi connectivity index (χ2v) is 8.26. The predicted molar refractivity (Wildman–Crippen MR) is 94.2 cm³/mol. The lowest BCUT2D eigenvalue weighted by molar-refractivity contribution is 0.464. The van der Waals surface area contributed by atoms with Gasteiger partial charge in [0.1, 0.15) is 5.76 Å². The Hall–Kier alpha value is -0.510. The number of hydrogen-bond acceptors (Lipinski definition) is 2. The molecule has 0 saturated heterocycles. The van der Waals surface area contributed by atoms with Gasteiger partial charge in [0.05, 0.1) is 11.6 Å². The van der Waals surface area contributed by atoms with Crippen molar-refractivity contribution in [2.75, 3.05) is 6.54 Å². The van der Waals surface area contributed by atoms with Gasteiger partial charge in [-0.25, -0.2) is 0 Å². The maximum atomic E-state index is 6.34. The summed E-state index contributed by atoms with van der Waals surface area (Å²) in [5.41, 5.74) is 2.02. The molecular weight excluding hydrogens is 350 g/mol. The predicted octanol–water partition coefficient (Wildman–Crippen LogP) is 5.89. The van der Waals surface area contributed by atoms with Gasteiger partial charge in [-0.2, -0.15) is 0 Å². The second-order valence-electron chi connectivity index (χ2n) is 6.94. The van der Waals surface area contributed by atoms with Gasteiger partial charge in [-0.15, -0.1) is 0 Å². The minimum absolute atomic E-state index is 0.00418. The Balaban J connectivity index is 2.51. The summed E-state index contributed by atoms with van der Waals surface area (Å²) >= 11 is 9.86. The van der Waals surface area contributed by atoms with Gasteiger partial charge in [0.25, 0.3) is 0 Å². The smallest absolute Gasteiger partial charge is 0.153 e. The lowest BCUT2D eigenvalue weighted by Gasteiger charge is -2.19. The van der Waals surface area contributed by atoms with E-state index in [1.807, 2.05) is 6.07 Å². The molecule has 0 aliphatic rings. The zero-order valence-corrected chi connectivity index (χ0v) is 15.7. The molecule has 1 N–H and O–H groups in total. The molecule has 0 aliphatic carbocycles. The zero-order chi connectivity index (χ0) is 15.8. The van der Waals surface area contributed by atoms with E-state index in [-0.39, 0.29) is 5.41 Å². The Morgan fingerprint density at radius 1 is 1.29 bits per heavy atom. The Morgan fingerprint density at radius 3 is 2.52 bits per heavy atom. The van der Waals surface area contributed by atoms with Gasteiger partial charge in [0.15, 0.2) is 5.58 Å². The van der Waals surface area contributed by atoms with Gasteiger partial charge < -0.3 is 9.73 Å². The molecule has 0 amide bonds. The minimum atomic E-state index is 0.00418. The van der Waals surface area contributed by atoms with E-state index in [0.29, 0.717) is 10.9 Å². The summed E-state index contributed by atoms with van der Waals surface area (Å²) in [6.07, 6.45) is 0. The molecule has 4 heteroatoms. The van der Waals surface area contributed by atoms with E-state index in [9.17, 15) is 0 Å². The van der Waals surface area contributed by atoms with Crippen molar-refractivity contribution < 1.29 is 4.42 Å². The first-order chi connectivity index (χ1) is 9.70. The van der Waals surface area contributed by atoms with Crippen LogP contribution in [0.1, 0.15) is 45.9 Å².